The Labute approximate surface area is 196 Å². The molecule has 2 fully saturated rings. The second-order valence-corrected chi connectivity index (χ2v) is 9.07. The summed E-state index contributed by atoms with van der Waals surface area (Å²) in [6, 6.07) is 13.2. The number of methoxy groups -OCH3 is 2. The van der Waals surface area contributed by atoms with Gasteiger partial charge in [-0.2, -0.15) is 0 Å². The van der Waals surface area contributed by atoms with E-state index in [-0.39, 0.29) is 29.6 Å². The Kier molecular flexibility index (Phi) is 7.65. The lowest BCUT2D eigenvalue weighted by Gasteiger charge is -2.33. The topological polar surface area (TPSA) is 76.7 Å². The van der Waals surface area contributed by atoms with Crippen LogP contribution in [0.25, 0.3) is 0 Å². The average molecular weight is 451 g/mol. The van der Waals surface area contributed by atoms with Crippen molar-refractivity contribution in [1.29, 1.82) is 0 Å². The first-order chi connectivity index (χ1) is 16.1. The highest BCUT2D eigenvalue weighted by Crippen LogP contribution is 2.37. The SMILES string of the molecule is COc1ccc(C2CCCCC2NC(=O)c2ccc(C(=O)C3CCCNC3)cc2)cc1OC. The van der Waals surface area contributed by atoms with Gasteiger partial charge in [-0.25, -0.2) is 0 Å². The van der Waals surface area contributed by atoms with Crippen molar-refractivity contribution in [2.45, 2.75) is 50.5 Å². The van der Waals surface area contributed by atoms with Gasteiger partial charge in [0.05, 0.1) is 14.2 Å². The van der Waals surface area contributed by atoms with E-state index < -0.39 is 0 Å². The molecule has 2 aliphatic rings. The quantitative estimate of drug-likeness (QED) is 0.614. The predicted molar refractivity (Wildman–Crippen MR) is 128 cm³/mol. The molecule has 3 atom stereocenters. The molecule has 1 heterocycles. The van der Waals surface area contributed by atoms with E-state index in [1.54, 1.807) is 38.5 Å². The maximum absolute atomic E-state index is 13.0. The number of carbonyl (C=O) groups excluding carboxylic acids is 2. The van der Waals surface area contributed by atoms with Gasteiger partial charge in [0.1, 0.15) is 0 Å². The van der Waals surface area contributed by atoms with E-state index >= 15 is 0 Å². The molecule has 1 aliphatic heterocycles. The molecule has 2 aromatic carbocycles. The van der Waals surface area contributed by atoms with Gasteiger partial charge in [0.15, 0.2) is 17.3 Å². The third kappa shape index (κ3) is 5.38. The third-order valence-electron chi connectivity index (χ3n) is 7.02. The third-order valence-corrected chi connectivity index (χ3v) is 7.02. The molecule has 2 aromatic rings. The fourth-order valence-electron chi connectivity index (χ4n) is 5.13. The van der Waals surface area contributed by atoms with Crippen LogP contribution in [-0.2, 0) is 0 Å². The maximum Gasteiger partial charge on any atom is 0.251 e. The zero-order valence-electron chi connectivity index (χ0n) is 19.6. The molecule has 6 heteroatoms. The normalized spacial score (nSPS) is 22.9. The average Bonchev–Trinajstić information content (AvgIpc) is 2.88. The number of ketones is 1. The van der Waals surface area contributed by atoms with Crippen molar-refractivity contribution in [3.05, 3.63) is 59.2 Å². The zero-order chi connectivity index (χ0) is 23.2. The van der Waals surface area contributed by atoms with Gasteiger partial charge >= 0.3 is 0 Å². The van der Waals surface area contributed by atoms with Gasteiger partial charge in [-0.1, -0.05) is 31.0 Å². The molecule has 6 nitrogen and oxygen atoms in total. The minimum Gasteiger partial charge on any atom is -0.493 e. The number of hydrogen-bond acceptors (Lipinski definition) is 5. The Morgan fingerprint density at radius 3 is 2.30 bits per heavy atom. The molecule has 1 amide bonds. The molecular weight excluding hydrogens is 416 g/mol. The van der Waals surface area contributed by atoms with Crippen molar-refractivity contribution in [3.8, 4) is 11.5 Å². The lowest BCUT2D eigenvalue weighted by molar-refractivity contribution is 0.0894. The molecule has 0 radical (unpaired) electrons. The molecule has 4 rings (SSSR count). The van der Waals surface area contributed by atoms with Crippen LogP contribution in [-0.4, -0.2) is 45.0 Å². The van der Waals surface area contributed by atoms with Gasteiger partial charge in [-0.3, -0.25) is 9.59 Å². The van der Waals surface area contributed by atoms with E-state index in [0.29, 0.717) is 22.6 Å². The van der Waals surface area contributed by atoms with Gasteiger partial charge < -0.3 is 20.1 Å². The standard InChI is InChI=1S/C27H34N2O4/c1-32-24-14-13-20(16-25(24)33-2)22-7-3-4-8-23(22)29-27(31)19-11-9-18(10-12-19)26(30)21-6-5-15-28-17-21/h9-14,16,21-23,28H,3-8,15,17H2,1-2H3,(H,29,31). The summed E-state index contributed by atoms with van der Waals surface area (Å²) in [5.41, 5.74) is 2.42. The van der Waals surface area contributed by atoms with Crippen LogP contribution in [0.3, 0.4) is 0 Å². The minimum absolute atomic E-state index is 0.0305. The number of carbonyl (C=O) groups is 2. The Hall–Kier alpha value is -2.86. The van der Waals surface area contributed by atoms with Crippen molar-refractivity contribution >= 4 is 11.7 Å². The highest BCUT2D eigenvalue weighted by molar-refractivity contribution is 6.00. The molecule has 3 unspecified atom stereocenters. The second-order valence-electron chi connectivity index (χ2n) is 9.07. The van der Waals surface area contributed by atoms with Crippen molar-refractivity contribution < 1.29 is 19.1 Å². The Morgan fingerprint density at radius 1 is 0.879 bits per heavy atom. The molecule has 1 saturated carbocycles. The van der Waals surface area contributed by atoms with Gasteiger partial charge in [-0.05, 0) is 62.1 Å². The predicted octanol–water partition coefficient (Wildman–Crippen LogP) is 4.34. The van der Waals surface area contributed by atoms with Crippen molar-refractivity contribution in [3.63, 3.8) is 0 Å². The molecule has 176 valence electrons. The first-order valence-corrected chi connectivity index (χ1v) is 12.0. The molecule has 33 heavy (non-hydrogen) atoms. The largest absolute Gasteiger partial charge is 0.493 e. The molecule has 2 N–H and O–H groups in total. The highest BCUT2D eigenvalue weighted by atomic mass is 16.5. The summed E-state index contributed by atoms with van der Waals surface area (Å²) in [5, 5.41) is 6.55. The lowest BCUT2D eigenvalue weighted by atomic mass is 9.79. The monoisotopic (exact) mass is 450 g/mol. The Balaban J connectivity index is 1.44. The molecule has 0 aromatic heterocycles. The summed E-state index contributed by atoms with van der Waals surface area (Å²) in [6.45, 7) is 1.72. The van der Waals surface area contributed by atoms with Crippen LogP contribution in [0.2, 0.25) is 0 Å². The Morgan fingerprint density at radius 2 is 1.61 bits per heavy atom. The number of rotatable bonds is 7. The molecule has 1 aliphatic carbocycles. The summed E-state index contributed by atoms with van der Waals surface area (Å²) < 4.78 is 10.9. The molecule has 1 saturated heterocycles. The van der Waals surface area contributed by atoms with Crippen LogP contribution in [0.5, 0.6) is 11.5 Å². The number of hydrogen-bond donors (Lipinski definition) is 2. The van der Waals surface area contributed by atoms with Gasteiger partial charge in [0.25, 0.3) is 5.91 Å². The van der Waals surface area contributed by atoms with Crippen molar-refractivity contribution in [2.24, 2.45) is 5.92 Å². The number of benzene rings is 2. The first kappa shape index (κ1) is 23.3. The summed E-state index contributed by atoms with van der Waals surface area (Å²) in [6.07, 6.45) is 6.14. The second kappa shape index (κ2) is 10.8. The minimum atomic E-state index is -0.0919. The Bertz CT molecular complexity index is 967. The maximum atomic E-state index is 13.0. The molecule has 0 spiro atoms. The van der Waals surface area contributed by atoms with Crippen LogP contribution in [0.15, 0.2) is 42.5 Å². The molecular formula is C27H34N2O4. The first-order valence-electron chi connectivity index (χ1n) is 12.0. The fourth-order valence-corrected chi connectivity index (χ4v) is 5.13. The highest BCUT2D eigenvalue weighted by Gasteiger charge is 2.29. The van der Waals surface area contributed by atoms with Gasteiger partial charge in [-0.15, -0.1) is 0 Å². The van der Waals surface area contributed by atoms with Gasteiger partial charge in [0, 0.05) is 35.5 Å². The fraction of sp³-hybridized carbons (Fsp3) is 0.481. The zero-order valence-corrected chi connectivity index (χ0v) is 19.6. The number of amides is 1. The van der Waals surface area contributed by atoms with E-state index in [1.807, 2.05) is 12.1 Å². The van der Waals surface area contributed by atoms with Crippen molar-refractivity contribution in [2.75, 3.05) is 27.3 Å². The lowest BCUT2D eigenvalue weighted by Crippen LogP contribution is -2.41. The van der Waals surface area contributed by atoms with E-state index in [2.05, 4.69) is 16.7 Å². The van der Waals surface area contributed by atoms with E-state index in [0.717, 1.165) is 57.2 Å². The number of ether oxygens (including phenoxy) is 2. The summed E-state index contributed by atoms with van der Waals surface area (Å²) in [4.78, 5) is 25.8. The van der Waals surface area contributed by atoms with Crippen molar-refractivity contribution in [1.82, 2.24) is 10.6 Å². The van der Waals surface area contributed by atoms with E-state index in [1.165, 1.54) is 0 Å². The van der Waals surface area contributed by atoms with Crippen LogP contribution in [0.4, 0.5) is 0 Å². The van der Waals surface area contributed by atoms with E-state index in [9.17, 15) is 9.59 Å². The summed E-state index contributed by atoms with van der Waals surface area (Å²) >= 11 is 0. The van der Waals surface area contributed by atoms with E-state index in [4.69, 9.17) is 9.47 Å². The molecule has 0 bridgehead atoms. The van der Waals surface area contributed by atoms with Crippen LogP contribution in [0.1, 0.15) is 70.7 Å². The number of nitrogens with one attached hydrogen (secondary N) is 2. The summed E-state index contributed by atoms with van der Waals surface area (Å²) in [5.74, 6) is 1.74. The number of Topliss-reactive ketones (excluding diaryl/α,β-unsaturated/α-hetero) is 1. The smallest absolute Gasteiger partial charge is 0.251 e. The van der Waals surface area contributed by atoms with Crippen LogP contribution < -0.4 is 20.1 Å². The van der Waals surface area contributed by atoms with Gasteiger partial charge in [0.2, 0.25) is 0 Å². The van der Waals surface area contributed by atoms with Crippen LogP contribution in [0, 0.1) is 5.92 Å². The summed E-state index contributed by atoms with van der Waals surface area (Å²) in [7, 11) is 3.27. The van der Waals surface area contributed by atoms with Crippen LogP contribution >= 0.6 is 0 Å². The number of piperidine rings is 1.